The number of benzene rings is 1. The van der Waals surface area contributed by atoms with Gasteiger partial charge in [-0.3, -0.25) is 4.79 Å². The van der Waals surface area contributed by atoms with E-state index in [-0.39, 0.29) is 11.9 Å². The van der Waals surface area contributed by atoms with Gasteiger partial charge in [0, 0.05) is 33.5 Å². The SMILES string of the molecule is CCC(CC)N(CCBr)C(=O)c1cc(Cl)cc(Cl)c1. The molecule has 0 aromatic heterocycles. The number of rotatable bonds is 6. The lowest BCUT2D eigenvalue weighted by Crippen LogP contribution is -2.41. The fourth-order valence-electron chi connectivity index (χ4n) is 2.11. The van der Waals surface area contributed by atoms with Gasteiger partial charge in [-0.2, -0.15) is 0 Å². The van der Waals surface area contributed by atoms with Crippen molar-refractivity contribution in [2.24, 2.45) is 0 Å². The third kappa shape index (κ3) is 4.66. The fraction of sp³-hybridized carbons (Fsp3) is 0.500. The summed E-state index contributed by atoms with van der Waals surface area (Å²) in [4.78, 5) is 14.5. The van der Waals surface area contributed by atoms with Crippen LogP contribution < -0.4 is 0 Å². The summed E-state index contributed by atoms with van der Waals surface area (Å²) >= 11 is 15.3. The van der Waals surface area contributed by atoms with E-state index in [0.29, 0.717) is 22.2 Å². The molecular formula is C14H18BrCl2NO. The molecular weight excluding hydrogens is 349 g/mol. The average Bonchev–Trinajstić information content (AvgIpc) is 2.37. The standard InChI is InChI=1S/C14H18BrCl2NO/c1-3-13(4-2)18(6-5-15)14(19)10-7-11(16)9-12(17)8-10/h7-9,13H,3-6H2,1-2H3. The number of hydrogen-bond acceptors (Lipinski definition) is 1. The fourth-order valence-corrected chi connectivity index (χ4v) is 3.02. The summed E-state index contributed by atoms with van der Waals surface area (Å²) in [5.74, 6) is -0.0162. The molecule has 2 nitrogen and oxygen atoms in total. The topological polar surface area (TPSA) is 20.3 Å². The van der Waals surface area contributed by atoms with Crippen LogP contribution in [0.3, 0.4) is 0 Å². The summed E-state index contributed by atoms with van der Waals surface area (Å²) in [6.45, 7) is 4.86. The molecule has 0 aliphatic heterocycles. The third-order valence-electron chi connectivity index (χ3n) is 3.08. The minimum Gasteiger partial charge on any atom is -0.335 e. The summed E-state index contributed by atoms with van der Waals surface area (Å²) in [6, 6.07) is 5.20. The predicted molar refractivity (Wildman–Crippen MR) is 85.7 cm³/mol. The van der Waals surface area contributed by atoms with Gasteiger partial charge in [-0.25, -0.2) is 0 Å². The Morgan fingerprint density at radius 3 is 2.16 bits per heavy atom. The van der Waals surface area contributed by atoms with Crippen molar-refractivity contribution in [2.45, 2.75) is 32.7 Å². The molecule has 0 radical (unpaired) electrons. The summed E-state index contributed by atoms with van der Waals surface area (Å²) < 4.78 is 0. The molecule has 0 saturated carbocycles. The Labute approximate surface area is 133 Å². The highest BCUT2D eigenvalue weighted by Gasteiger charge is 2.22. The number of carbonyl (C=O) groups excluding carboxylic acids is 1. The van der Waals surface area contributed by atoms with Crippen LogP contribution in [0.1, 0.15) is 37.0 Å². The molecule has 106 valence electrons. The van der Waals surface area contributed by atoms with Crippen molar-refractivity contribution < 1.29 is 4.79 Å². The molecule has 1 aromatic carbocycles. The van der Waals surface area contributed by atoms with Crippen LogP contribution >= 0.6 is 39.1 Å². The van der Waals surface area contributed by atoms with Crippen molar-refractivity contribution in [3.63, 3.8) is 0 Å². The third-order valence-corrected chi connectivity index (χ3v) is 3.87. The highest BCUT2D eigenvalue weighted by atomic mass is 79.9. The first-order chi connectivity index (χ1) is 9.03. The predicted octanol–water partition coefficient (Wildman–Crippen LogP) is 5.02. The molecule has 0 N–H and O–H groups in total. The molecule has 0 spiro atoms. The minimum atomic E-state index is -0.0162. The maximum atomic E-state index is 12.6. The van der Waals surface area contributed by atoms with Gasteiger partial charge in [-0.1, -0.05) is 53.0 Å². The second-order valence-electron chi connectivity index (χ2n) is 4.32. The molecule has 5 heteroatoms. The Hall–Kier alpha value is -0.250. The monoisotopic (exact) mass is 365 g/mol. The number of hydrogen-bond donors (Lipinski definition) is 0. The Kier molecular flexibility index (Phi) is 7.19. The highest BCUT2D eigenvalue weighted by molar-refractivity contribution is 9.09. The number of alkyl halides is 1. The lowest BCUT2D eigenvalue weighted by Gasteiger charge is -2.30. The van der Waals surface area contributed by atoms with E-state index in [9.17, 15) is 4.79 Å². The van der Waals surface area contributed by atoms with Gasteiger partial charge in [-0.15, -0.1) is 0 Å². The Morgan fingerprint density at radius 1 is 1.21 bits per heavy atom. The highest BCUT2D eigenvalue weighted by Crippen LogP contribution is 2.22. The zero-order valence-electron chi connectivity index (χ0n) is 11.1. The van der Waals surface area contributed by atoms with E-state index in [1.165, 1.54) is 0 Å². The van der Waals surface area contributed by atoms with Gasteiger partial charge >= 0.3 is 0 Å². The van der Waals surface area contributed by atoms with Crippen molar-refractivity contribution in [1.29, 1.82) is 0 Å². The molecule has 1 amide bonds. The number of carbonyl (C=O) groups is 1. The lowest BCUT2D eigenvalue weighted by atomic mass is 10.1. The van der Waals surface area contributed by atoms with Crippen molar-refractivity contribution in [1.82, 2.24) is 4.90 Å². The second-order valence-corrected chi connectivity index (χ2v) is 5.98. The molecule has 0 fully saturated rings. The Balaban J connectivity index is 3.04. The van der Waals surface area contributed by atoms with Crippen LogP contribution in [0.15, 0.2) is 18.2 Å². The molecule has 0 aliphatic rings. The van der Waals surface area contributed by atoms with E-state index >= 15 is 0 Å². The second kappa shape index (κ2) is 8.13. The molecule has 0 bridgehead atoms. The first kappa shape index (κ1) is 16.8. The van der Waals surface area contributed by atoms with Crippen molar-refractivity contribution in [3.05, 3.63) is 33.8 Å². The van der Waals surface area contributed by atoms with Gasteiger partial charge in [-0.05, 0) is 31.0 Å². The van der Waals surface area contributed by atoms with E-state index in [4.69, 9.17) is 23.2 Å². The first-order valence-corrected chi connectivity index (χ1v) is 8.24. The zero-order chi connectivity index (χ0) is 14.4. The number of nitrogens with zero attached hydrogens (tertiary/aromatic N) is 1. The molecule has 0 atom stereocenters. The van der Waals surface area contributed by atoms with Crippen LogP contribution in [-0.2, 0) is 0 Å². The molecule has 0 aliphatic carbocycles. The van der Waals surface area contributed by atoms with Gasteiger partial charge in [0.1, 0.15) is 0 Å². The van der Waals surface area contributed by atoms with Crippen LogP contribution in [0.5, 0.6) is 0 Å². The van der Waals surface area contributed by atoms with Crippen LogP contribution in [0.25, 0.3) is 0 Å². The molecule has 1 rings (SSSR count). The van der Waals surface area contributed by atoms with Crippen LogP contribution in [0.4, 0.5) is 0 Å². The van der Waals surface area contributed by atoms with Crippen LogP contribution in [-0.4, -0.2) is 28.7 Å². The summed E-state index contributed by atoms with van der Waals surface area (Å²) in [5, 5.41) is 1.72. The van der Waals surface area contributed by atoms with Gasteiger partial charge in [0.25, 0.3) is 5.91 Å². The summed E-state index contributed by atoms with van der Waals surface area (Å²) in [7, 11) is 0. The maximum Gasteiger partial charge on any atom is 0.254 e. The van der Waals surface area contributed by atoms with Gasteiger partial charge in [0.15, 0.2) is 0 Å². The van der Waals surface area contributed by atoms with Crippen molar-refractivity contribution in [3.8, 4) is 0 Å². The minimum absolute atomic E-state index is 0.0162. The number of amides is 1. The molecule has 0 unspecified atom stereocenters. The van der Waals surface area contributed by atoms with Gasteiger partial charge in [0.2, 0.25) is 0 Å². The largest absolute Gasteiger partial charge is 0.335 e. The lowest BCUT2D eigenvalue weighted by molar-refractivity contribution is 0.0683. The molecule has 1 aromatic rings. The zero-order valence-corrected chi connectivity index (χ0v) is 14.2. The van der Waals surface area contributed by atoms with Crippen LogP contribution in [0.2, 0.25) is 10.0 Å². The van der Waals surface area contributed by atoms with Crippen LogP contribution in [0, 0.1) is 0 Å². The van der Waals surface area contributed by atoms with Gasteiger partial charge < -0.3 is 4.90 Å². The quantitative estimate of drug-likeness (QED) is 0.647. The Bertz CT molecular complexity index is 415. The van der Waals surface area contributed by atoms with E-state index in [0.717, 1.165) is 18.2 Å². The van der Waals surface area contributed by atoms with E-state index in [2.05, 4.69) is 29.8 Å². The summed E-state index contributed by atoms with van der Waals surface area (Å²) in [6.07, 6.45) is 1.87. The molecule has 19 heavy (non-hydrogen) atoms. The van der Waals surface area contributed by atoms with E-state index in [1.54, 1.807) is 18.2 Å². The van der Waals surface area contributed by atoms with Crippen molar-refractivity contribution in [2.75, 3.05) is 11.9 Å². The van der Waals surface area contributed by atoms with Gasteiger partial charge in [0.05, 0.1) is 0 Å². The summed E-state index contributed by atoms with van der Waals surface area (Å²) in [5.41, 5.74) is 0.547. The Morgan fingerprint density at radius 2 is 1.74 bits per heavy atom. The van der Waals surface area contributed by atoms with E-state index < -0.39 is 0 Å². The normalized spacial score (nSPS) is 10.8. The molecule has 0 saturated heterocycles. The smallest absolute Gasteiger partial charge is 0.254 e. The number of halogens is 3. The average molecular weight is 367 g/mol. The maximum absolute atomic E-state index is 12.6. The molecule has 0 heterocycles. The first-order valence-electron chi connectivity index (χ1n) is 6.36. The van der Waals surface area contributed by atoms with Crippen molar-refractivity contribution >= 4 is 45.0 Å². The van der Waals surface area contributed by atoms with E-state index in [1.807, 2.05) is 4.90 Å².